The van der Waals surface area contributed by atoms with Crippen molar-refractivity contribution in [2.45, 2.75) is 60.2 Å². The average Bonchev–Trinajstić information content (AvgIpc) is 3.33. The smallest absolute Gasteiger partial charge is 0.255 e. The van der Waals surface area contributed by atoms with E-state index in [1.54, 1.807) is 36.4 Å². The first-order valence-electron chi connectivity index (χ1n) is 21.0. The molecule has 0 heterocycles. The Morgan fingerprint density at radius 2 is 0.587 bits per heavy atom. The Morgan fingerprint density at radius 3 is 0.857 bits per heavy atom. The number of ether oxygens (including phenoxy) is 3. The van der Waals surface area contributed by atoms with Gasteiger partial charge in [0.1, 0.15) is 37.1 Å². The van der Waals surface area contributed by atoms with E-state index in [0.717, 1.165) is 50.1 Å². The summed E-state index contributed by atoms with van der Waals surface area (Å²) in [5.74, 6) is 0.616. The lowest BCUT2D eigenvalue weighted by atomic mass is 9.89. The van der Waals surface area contributed by atoms with Gasteiger partial charge in [0.05, 0.1) is 16.7 Å². The van der Waals surface area contributed by atoms with Gasteiger partial charge in [-0.3, -0.25) is 14.4 Å². The monoisotopic (exact) mass is 837 g/mol. The van der Waals surface area contributed by atoms with E-state index >= 15 is 0 Å². The summed E-state index contributed by atoms with van der Waals surface area (Å²) in [5.41, 5.74) is 9.80. The molecule has 0 aliphatic heterocycles. The number of para-hydroxylation sites is 3. The van der Waals surface area contributed by atoms with E-state index in [9.17, 15) is 14.4 Å². The van der Waals surface area contributed by atoms with Crippen LogP contribution in [-0.2, 0) is 39.5 Å². The third-order valence-electron chi connectivity index (χ3n) is 11.1. The molecule has 0 aliphatic carbocycles. The lowest BCUT2D eigenvalue weighted by molar-refractivity contribution is 0.0938. The van der Waals surface area contributed by atoms with Gasteiger partial charge in [0.2, 0.25) is 0 Å². The van der Waals surface area contributed by atoms with Crippen LogP contribution in [0.3, 0.4) is 0 Å². The standard InChI is InChI=1S/C54H51N3O6/c1-37-46(34-61-49-28-16-13-25-43(49)52(58)55-31-40-19-7-4-8-20-40)38(2)48(36-63-51-30-18-15-27-45(51)54(60)57-33-42-23-11-6-12-24-42)39(3)47(37)35-62-50-29-17-14-26-44(50)53(59)56-32-41-21-9-5-10-22-41/h4-30H,31-36H2,1-3H3,(H,55,58)(H,56,59)(H,57,60). The third-order valence-corrected chi connectivity index (χ3v) is 11.1. The Labute approximate surface area is 369 Å². The molecule has 7 aromatic carbocycles. The van der Waals surface area contributed by atoms with Crippen LogP contribution in [0.1, 0.15) is 81.1 Å². The predicted octanol–water partition coefficient (Wildman–Crippen LogP) is 10.1. The number of hydrogen-bond donors (Lipinski definition) is 3. The number of amides is 3. The molecule has 3 N–H and O–H groups in total. The van der Waals surface area contributed by atoms with Crippen LogP contribution >= 0.6 is 0 Å². The molecule has 0 bridgehead atoms. The molecule has 0 spiro atoms. The number of carbonyl (C=O) groups is 3. The van der Waals surface area contributed by atoms with E-state index in [2.05, 4.69) is 16.0 Å². The summed E-state index contributed by atoms with van der Waals surface area (Å²) >= 11 is 0. The Morgan fingerprint density at radius 1 is 0.349 bits per heavy atom. The van der Waals surface area contributed by atoms with Crippen LogP contribution in [0.2, 0.25) is 0 Å². The summed E-state index contributed by atoms with van der Waals surface area (Å²) < 4.78 is 19.5. The van der Waals surface area contributed by atoms with E-state index in [-0.39, 0.29) is 37.5 Å². The van der Waals surface area contributed by atoms with E-state index in [0.29, 0.717) is 53.6 Å². The Balaban J connectivity index is 1.16. The van der Waals surface area contributed by atoms with Crippen molar-refractivity contribution in [3.8, 4) is 17.2 Å². The Kier molecular flexibility index (Phi) is 14.6. The predicted molar refractivity (Wildman–Crippen MR) is 246 cm³/mol. The van der Waals surface area contributed by atoms with Crippen molar-refractivity contribution in [2.24, 2.45) is 0 Å². The van der Waals surface area contributed by atoms with Crippen LogP contribution in [0, 0.1) is 20.8 Å². The van der Waals surface area contributed by atoms with E-state index in [1.165, 1.54) is 0 Å². The normalized spacial score (nSPS) is 10.7. The molecule has 7 aromatic rings. The van der Waals surface area contributed by atoms with Gasteiger partial charge in [0.15, 0.2) is 0 Å². The van der Waals surface area contributed by atoms with Crippen molar-refractivity contribution in [1.82, 2.24) is 16.0 Å². The summed E-state index contributed by atoms with van der Waals surface area (Å²) in [6.07, 6.45) is 0. The molecule has 7 rings (SSSR count). The number of benzene rings is 7. The molecular formula is C54H51N3O6. The van der Waals surface area contributed by atoms with E-state index in [1.807, 2.05) is 148 Å². The fourth-order valence-corrected chi connectivity index (χ4v) is 7.45. The van der Waals surface area contributed by atoms with Gasteiger partial charge in [-0.1, -0.05) is 127 Å². The van der Waals surface area contributed by atoms with Crippen molar-refractivity contribution in [2.75, 3.05) is 0 Å². The summed E-state index contributed by atoms with van der Waals surface area (Å²) in [4.78, 5) is 40.4. The van der Waals surface area contributed by atoms with Gasteiger partial charge < -0.3 is 30.2 Å². The minimum absolute atomic E-state index is 0.151. The Hall–Kier alpha value is -7.65. The van der Waals surface area contributed by atoms with Crippen molar-refractivity contribution < 1.29 is 28.6 Å². The molecule has 63 heavy (non-hydrogen) atoms. The van der Waals surface area contributed by atoms with Gasteiger partial charge in [0, 0.05) is 19.6 Å². The topological polar surface area (TPSA) is 115 Å². The third kappa shape index (κ3) is 11.2. The average molecular weight is 838 g/mol. The first-order valence-corrected chi connectivity index (χ1v) is 21.0. The number of rotatable bonds is 18. The molecule has 0 aromatic heterocycles. The SMILES string of the molecule is Cc1c(COc2ccccc2C(=O)NCc2ccccc2)c(C)c(COc2ccccc2C(=O)NCc2ccccc2)c(C)c1COc1ccccc1C(=O)NCc1ccccc1. The van der Waals surface area contributed by atoms with Gasteiger partial charge in [-0.15, -0.1) is 0 Å². The highest BCUT2D eigenvalue weighted by molar-refractivity contribution is 5.98. The van der Waals surface area contributed by atoms with Gasteiger partial charge >= 0.3 is 0 Å². The zero-order valence-corrected chi connectivity index (χ0v) is 35.8. The van der Waals surface area contributed by atoms with Crippen LogP contribution in [-0.4, -0.2) is 17.7 Å². The highest BCUT2D eigenvalue weighted by atomic mass is 16.5. The van der Waals surface area contributed by atoms with Gasteiger partial charge in [-0.05, 0) is 107 Å². The van der Waals surface area contributed by atoms with Crippen molar-refractivity contribution >= 4 is 17.7 Å². The summed E-state index contributed by atoms with van der Waals surface area (Å²) in [7, 11) is 0. The highest BCUT2D eigenvalue weighted by Gasteiger charge is 2.22. The maximum absolute atomic E-state index is 13.5. The quantitative estimate of drug-likeness (QED) is 0.0793. The molecule has 0 saturated carbocycles. The molecule has 0 atom stereocenters. The fourth-order valence-electron chi connectivity index (χ4n) is 7.45. The van der Waals surface area contributed by atoms with Crippen LogP contribution in [0.25, 0.3) is 0 Å². The maximum Gasteiger partial charge on any atom is 0.255 e. The molecule has 0 aliphatic rings. The van der Waals surface area contributed by atoms with Crippen molar-refractivity contribution in [1.29, 1.82) is 0 Å². The Bertz CT molecular complexity index is 2350. The minimum atomic E-state index is -0.243. The van der Waals surface area contributed by atoms with E-state index < -0.39 is 0 Å². The zero-order chi connectivity index (χ0) is 44.0. The molecule has 0 saturated heterocycles. The molecule has 0 unspecified atom stereocenters. The van der Waals surface area contributed by atoms with Gasteiger partial charge in [-0.2, -0.15) is 0 Å². The van der Waals surface area contributed by atoms with Crippen LogP contribution in [0.15, 0.2) is 164 Å². The molecular weight excluding hydrogens is 787 g/mol. The molecule has 9 heteroatoms. The molecule has 0 fully saturated rings. The lowest BCUT2D eigenvalue weighted by Gasteiger charge is -2.24. The van der Waals surface area contributed by atoms with Crippen LogP contribution < -0.4 is 30.2 Å². The fraction of sp³-hybridized carbons (Fsp3) is 0.167. The van der Waals surface area contributed by atoms with Crippen LogP contribution in [0.4, 0.5) is 0 Å². The van der Waals surface area contributed by atoms with Gasteiger partial charge in [-0.25, -0.2) is 0 Å². The number of carbonyl (C=O) groups excluding carboxylic acids is 3. The molecule has 9 nitrogen and oxygen atoms in total. The summed E-state index contributed by atoms with van der Waals surface area (Å²) in [5, 5.41) is 9.05. The first-order chi connectivity index (χ1) is 30.8. The summed E-state index contributed by atoms with van der Waals surface area (Å²) in [6, 6.07) is 50.9. The second-order valence-electron chi connectivity index (χ2n) is 15.2. The van der Waals surface area contributed by atoms with Gasteiger partial charge in [0.25, 0.3) is 17.7 Å². The molecule has 0 radical (unpaired) electrons. The number of hydrogen-bond acceptors (Lipinski definition) is 6. The van der Waals surface area contributed by atoms with Crippen LogP contribution in [0.5, 0.6) is 17.2 Å². The zero-order valence-electron chi connectivity index (χ0n) is 35.8. The second kappa shape index (κ2) is 21.2. The second-order valence-corrected chi connectivity index (χ2v) is 15.2. The number of nitrogens with one attached hydrogen (secondary N) is 3. The maximum atomic E-state index is 13.5. The lowest BCUT2D eigenvalue weighted by Crippen LogP contribution is -2.24. The van der Waals surface area contributed by atoms with E-state index in [4.69, 9.17) is 14.2 Å². The highest BCUT2D eigenvalue weighted by Crippen LogP contribution is 2.32. The van der Waals surface area contributed by atoms with Crippen molar-refractivity contribution in [3.05, 3.63) is 231 Å². The first kappa shape index (κ1) is 43.4. The molecule has 3 amide bonds. The largest absolute Gasteiger partial charge is 0.488 e. The minimum Gasteiger partial charge on any atom is -0.488 e. The summed E-state index contributed by atoms with van der Waals surface area (Å²) in [6.45, 7) is 7.70. The molecule has 318 valence electrons. The van der Waals surface area contributed by atoms with Crippen molar-refractivity contribution in [3.63, 3.8) is 0 Å².